The molecule has 0 aromatic heterocycles. The van der Waals surface area contributed by atoms with Crippen molar-refractivity contribution in [3.8, 4) is 11.1 Å². The van der Waals surface area contributed by atoms with Crippen molar-refractivity contribution in [3.63, 3.8) is 0 Å². The lowest BCUT2D eigenvalue weighted by molar-refractivity contribution is 1.19. The van der Waals surface area contributed by atoms with Crippen molar-refractivity contribution in [1.82, 2.24) is 0 Å². The third-order valence-corrected chi connectivity index (χ3v) is 3.63. The van der Waals surface area contributed by atoms with Crippen molar-refractivity contribution < 1.29 is 0 Å². The Labute approximate surface area is 124 Å². The summed E-state index contributed by atoms with van der Waals surface area (Å²) in [6.07, 6.45) is 0.974. The van der Waals surface area contributed by atoms with Gasteiger partial charge in [-0.05, 0) is 40.8 Å². The molecule has 0 spiro atoms. The summed E-state index contributed by atoms with van der Waals surface area (Å²) in [5.41, 5.74) is 5.08. The predicted molar refractivity (Wildman–Crippen MR) is 86.1 cm³/mol. The molecule has 0 aliphatic carbocycles. The van der Waals surface area contributed by atoms with Crippen LogP contribution >= 0.6 is 11.6 Å². The minimum absolute atomic E-state index is 0.773. The summed E-state index contributed by atoms with van der Waals surface area (Å²) in [7, 11) is 0. The van der Waals surface area contributed by atoms with E-state index in [0.717, 1.165) is 11.4 Å². The van der Waals surface area contributed by atoms with Crippen molar-refractivity contribution in [2.24, 2.45) is 0 Å². The molecule has 0 fully saturated rings. The maximum absolute atomic E-state index is 5.91. The fraction of sp³-hybridized carbons (Fsp3) is 0.0526. The van der Waals surface area contributed by atoms with E-state index in [4.69, 9.17) is 11.6 Å². The molecule has 0 atom stereocenters. The Morgan fingerprint density at radius 1 is 0.550 bits per heavy atom. The molecular weight excluding hydrogens is 264 g/mol. The lowest BCUT2D eigenvalue weighted by atomic mass is 10.0. The summed E-state index contributed by atoms with van der Waals surface area (Å²) in [6.45, 7) is 0. The summed E-state index contributed by atoms with van der Waals surface area (Å²) in [6, 6.07) is 27.2. The van der Waals surface area contributed by atoms with Crippen molar-refractivity contribution >= 4 is 11.6 Å². The highest BCUT2D eigenvalue weighted by Gasteiger charge is 1.99. The van der Waals surface area contributed by atoms with Gasteiger partial charge in [0, 0.05) is 5.02 Å². The van der Waals surface area contributed by atoms with Gasteiger partial charge in [0.2, 0.25) is 0 Å². The van der Waals surface area contributed by atoms with Gasteiger partial charge in [-0.15, -0.1) is 0 Å². The Morgan fingerprint density at radius 3 is 1.65 bits per heavy atom. The minimum atomic E-state index is 0.773. The second-order valence-corrected chi connectivity index (χ2v) is 5.30. The van der Waals surface area contributed by atoms with Crippen LogP contribution in [0, 0.1) is 0 Å². The predicted octanol–water partition coefficient (Wildman–Crippen LogP) is 5.60. The first-order valence-electron chi connectivity index (χ1n) is 6.70. The number of rotatable bonds is 3. The third-order valence-electron chi connectivity index (χ3n) is 3.38. The number of hydrogen-bond acceptors (Lipinski definition) is 0. The summed E-state index contributed by atoms with van der Waals surface area (Å²) < 4.78 is 0. The van der Waals surface area contributed by atoms with Crippen LogP contribution in [0.4, 0.5) is 0 Å². The monoisotopic (exact) mass is 278 g/mol. The molecule has 0 heterocycles. The number of benzene rings is 3. The van der Waals surface area contributed by atoms with Crippen LogP contribution in [0.25, 0.3) is 11.1 Å². The van der Waals surface area contributed by atoms with Crippen molar-refractivity contribution in [1.29, 1.82) is 0 Å². The normalized spacial score (nSPS) is 10.4. The summed E-state index contributed by atoms with van der Waals surface area (Å²) >= 11 is 5.91. The Balaban J connectivity index is 1.79. The maximum atomic E-state index is 5.91. The van der Waals surface area contributed by atoms with Crippen LogP contribution in [0.2, 0.25) is 5.02 Å². The first kappa shape index (κ1) is 13.0. The van der Waals surface area contributed by atoms with Crippen molar-refractivity contribution in [2.75, 3.05) is 0 Å². The van der Waals surface area contributed by atoms with Gasteiger partial charge in [-0.25, -0.2) is 0 Å². The molecule has 0 aliphatic rings. The minimum Gasteiger partial charge on any atom is -0.0843 e. The quantitative estimate of drug-likeness (QED) is 0.585. The highest BCUT2D eigenvalue weighted by atomic mass is 35.5. The maximum Gasteiger partial charge on any atom is 0.0406 e. The Morgan fingerprint density at radius 2 is 1.05 bits per heavy atom. The number of hydrogen-bond donors (Lipinski definition) is 0. The van der Waals surface area contributed by atoms with E-state index in [1.165, 1.54) is 22.3 Å². The zero-order valence-electron chi connectivity index (χ0n) is 11.1. The second-order valence-electron chi connectivity index (χ2n) is 4.87. The van der Waals surface area contributed by atoms with E-state index in [9.17, 15) is 0 Å². The molecule has 0 unspecified atom stereocenters. The van der Waals surface area contributed by atoms with E-state index in [-0.39, 0.29) is 0 Å². The molecule has 0 aliphatic heterocycles. The fourth-order valence-electron chi connectivity index (χ4n) is 2.29. The molecule has 0 nitrogen and oxygen atoms in total. The SMILES string of the molecule is Clc1ccc(-c2ccc(Cc3ccccc3)cc2)cc1. The molecule has 98 valence electrons. The molecule has 0 bridgehead atoms. The van der Waals surface area contributed by atoms with Crippen LogP contribution in [0.15, 0.2) is 78.9 Å². The average Bonchev–Trinajstić information content (AvgIpc) is 2.50. The molecule has 3 rings (SSSR count). The van der Waals surface area contributed by atoms with E-state index in [2.05, 4.69) is 60.7 Å². The smallest absolute Gasteiger partial charge is 0.0406 e. The van der Waals surface area contributed by atoms with Gasteiger partial charge in [-0.3, -0.25) is 0 Å². The van der Waals surface area contributed by atoms with Gasteiger partial charge in [0.25, 0.3) is 0 Å². The van der Waals surface area contributed by atoms with Gasteiger partial charge in [0.05, 0.1) is 0 Å². The second kappa shape index (κ2) is 5.94. The van der Waals surface area contributed by atoms with Gasteiger partial charge in [-0.1, -0.05) is 78.3 Å². The van der Waals surface area contributed by atoms with E-state index in [1.54, 1.807) is 0 Å². The van der Waals surface area contributed by atoms with Crippen molar-refractivity contribution in [3.05, 3.63) is 95.0 Å². The van der Waals surface area contributed by atoms with E-state index in [0.29, 0.717) is 0 Å². The van der Waals surface area contributed by atoms with Crippen molar-refractivity contribution in [2.45, 2.75) is 6.42 Å². The summed E-state index contributed by atoms with van der Waals surface area (Å²) in [5.74, 6) is 0. The number of halogens is 1. The highest BCUT2D eigenvalue weighted by Crippen LogP contribution is 2.22. The largest absolute Gasteiger partial charge is 0.0843 e. The lowest BCUT2D eigenvalue weighted by Crippen LogP contribution is -1.87. The lowest BCUT2D eigenvalue weighted by Gasteiger charge is -2.05. The molecule has 0 amide bonds. The summed E-state index contributed by atoms with van der Waals surface area (Å²) in [5, 5.41) is 0.773. The molecule has 1 heteroatoms. The Hall–Kier alpha value is -2.05. The molecule has 20 heavy (non-hydrogen) atoms. The van der Waals surface area contributed by atoms with Crippen LogP contribution < -0.4 is 0 Å². The van der Waals surface area contributed by atoms with E-state index in [1.807, 2.05) is 18.2 Å². The van der Waals surface area contributed by atoms with Gasteiger partial charge in [-0.2, -0.15) is 0 Å². The van der Waals surface area contributed by atoms with Crippen LogP contribution in [0.3, 0.4) is 0 Å². The fourth-order valence-corrected chi connectivity index (χ4v) is 2.41. The van der Waals surface area contributed by atoms with Crippen LogP contribution in [0.1, 0.15) is 11.1 Å². The van der Waals surface area contributed by atoms with Gasteiger partial charge >= 0.3 is 0 Å². The van der Waals surface area contributed by atoms with Crippen LogP contribution in [-0.2, 0) is 6.42 Å². The third kappa shape index (κ3) is 3.09. The van der Waals surface area contributed by atoms with E-state index < -0.39 is 0 Å². The highest BCUT2D eigenvalue weighted by molar-refractivity contribution is 6.30. The molecule has 0 saturated heterocycles. The van der Waals surface area contributed by atoms with Gasteiger partial charge < -0.3 is 0 Å². The molecule has 3 aromatic carbocycles. The van der Waals surface area contributed by atoms with Crippen LogP contribution in [0.5, 0.6) is 0 Å². The molecular formula is C19H15Cl. The summed E-state index contributed by atoms with van der Waals surface area (Å²) in [4.78, 5) is 0. The topological polar surface area (TPSA) is 0 Å². The molecule has 0 radical (unpaired) electrons. The van der Waals surface area contributed by atoms with Gasteiger partial charge in [0.15, 0.2) is 0 Å². The standard InChI is InChI=1S/C19H15Cl/c20-19-12-10-18(11-13-19)17-8-6-16(7-9-17)14-15-4-2-1-3-5-15/h1-13H,14H2. The van der Waals surface area contributed by atoms with Gasteiger partial charge in [0.1, 0.15) is 0 Å². The van der Waals surface area contributed by atoms with E-state index >= 15 is 0 Å². The first-order chi connectivity index (χ1) is 9.81. The Bertz CT molecular complexity index is 667. The first-order valence-corrected chi connectivity index (χ1v) is 7.08. The zero-order chi connectivity index (χ0) is 13.8. The average molecular weight is 279 g/mol. The molecule has 3 aromatic rings. The Kier molecular flexibility index (Phi) is 3.85. The zero-order valence-corrected chi connectivity index (χ0v) is 11.8. The molecule has 0 N–H and O–H groups in total. The van der Waals surface area contributed by atoms with Crippen LogP contribution in [-0.4, -0.2) is 0 Å². The molecule has 0 saturated carbocycles.